The Labute approximate surface area is 146 Å². The fraction of sp³-hybridized carbons (Fsp3) is 0.368. The Balaban J connectivity index is 1.97. The number of aromatic nitrogens is 3. The number of hydrogen-bond acceptors (Lipinski definition) is 4. The van der Waals surface area contributed by atoms with Crippen molar-refractivity contribution in [3.63, 3.8) is 0 Å². The molecule has 2 aromatic heterocycles. The van der Waals surface area contributed by atoms with Gasteiger partial charge in [-0.05, 0) is 38.3 Å². The molecule has 0 aliphatic carbocycles. The largest absolute Gasteiger partial charge is 0.396 e. The quantitative estimate of drug-likeness (QED) is 0.515. The van der Waals surface area contributed by atoms with Gasteiger partial charge in [-0.3, -0.25) is 0 Å². The minimum absolute atomic E-state index is 0.273. The van der Waals surface area contributed by atoms with Crippen LogP contribution in [0.5, 0.6) is 0 Å². The van der Waals surface area contributed by atoms with E-state index in [1.807, 2.05) is 29.6 Å². The molecule has 4 nitrogen and oxygen atoms in total. The van der Waals surface area contributed by atoms with E-state index in [0.717, 1.165) is 52.6 Å². The van der Waals surface area contributed by atoms with E-state index in [2.05, 4.69) is 25.1 Å². The molecule has 1 N–H and O–H groups in total. The first-order chi connectivity index (χ1) is 11.7. The van der Waals surface area contributed by atoms with Gasteiger partial charge in [-0.15, -0.1) is 0 Å². The molecule has 0 aliphatic heterocycles. The molecule has 0 fully saturated rings. The number of unbranched alkanes of at least 4 members (excludes halogenated alkanes) is 2. The second kappa shape index (κ2) is 7.81. The monoisotopic (exact) mass is 341 g/mol. The molecule has 0 amide bonds. The molecule has 0 radical (unpaired) electrons. The van der Waals surface area contributed by atoms with Gasteiger partial charge in [-0.2, -0.15) is 5.10 Å². The van der Waals surface area contributed by atoms with Crippen molar-refractivity contribution in [2.75, 3.05) is 12.4 Å². The van der Waals surface area contributed by atoms with Gasteiger partial charge in [0.2, 0.25) is 0 Å². The highest BCUT2D eigenvalue weighted by molar-refractivity contribution is 7.99. The Bertz CT molecular complexity index is 814. The van der Waals surface area contributed by atoms with Crippen molar-refractivity contribution in [3.05, 3.63) is 47.7 Å². The Hall–Kier alpha value is -1.85. The van der Waals surface area contributed by atoms with Crippen molar-refractivity contribution in [1.82, 2.24) is 14.6 Å². The predicted octanol–water partition coefficient (Wildman–Crippen LogP) is 4.27. The third-order valence-electron chi connectivity index (χ3n) is 3.96. The highest BCUT2D eigenvalue weighted by atomic mass is 32.2. The molecule has 24 heavy (non-hydrogen) atoms. The Morgan fingerprint density at radius 1 is 1.08 bits per heavy atom. The molecule has 0 atom stereocenters. The minimum Gasteiger partial charge on any atom is -0.396 e. The van der Waals surface area contributed by atoms with Crippen molar-refractivity contribution in [3.8, 4) is 11.3 Å². The molecule has 5 heteroatoms. The zero-order chi connectivity index (χ0) is 16.9. The summed E-state index contributed by atoms with van der Waals surface area (Å²) in [5.41, 5.74) is 5.40. The van der Waals surface area contributed by atoms with Crippen LogP contribution >= 0.6 is 11.8 Å². The van der Waals surface area contributed by atoms with Crippen molar-refractivity contribution < 1.29 is 5.11 Å². The first-order valence-corrected chi connectivity index (χ1v) is 9.35. The number of aliphatic hydroxyl groups excluding tert-OH is 1. The maximum absolute atomic E-state index is 8.88. The number of thioether (sulfide) groups is 1. The second-order valence-corrected chi connectivity index (χ2v) is 7.03. The van der Waals surface area contributed by atoms with E-state index < -0.39 is 0 Å². The number of nitrogens with zero attached hydrogens (tertiary/aromatic N) is 3. The van der Waals surface area contributed by atoms with Gasteiger partial charge in [-0.25, -0.2) is 9.50 Å². The van der Waals surface area contributed by atoms with Crippen LogP contribution in [-0.4, -0.2) is 32.1 Å². The van der Waals surface area contributed by atoms with E-state index in [0.29, 0.717) is 0 Å². The molecule has 0 spiro atoms. The van der Waals surface area contributed by atoms with E-state index in [1.54, 1.807) is 11.8 Å². The first kappa shape index (κ1) is 17.0. The summed E-state index contributed by atoms with van der Waals surface area (Å²) < 4.78 is 1.99. The second-order valence-electron chi connectivity index (χ2n) is 5.97. The molecular weight excluding hydrogens is 318 g/mol. The number of imidazole rings is 1. The zero-order valence-corrected chi connectivity index (χ0v) is 15.0. The molecule has 2 heterocycles. The SMILES string of the molecule is Cc1cc(C)c2c(-c3ccccc3)nc(SCCCCCO)n2n1. The number of benzene rings is 1. The summed E-state index contributed by atoms with van der Waals surface area (Å²) >= 11 is 1.74. The maximum atomic E-state index is 8.88. The van der Waals surface area contributed by atoms with Gasteiger partial charge in [0, 0.05) is 17.9 Å². The van der Waals surface area contributed by atoms with Gasteiger partial charge in [0.15, 0.2) is 5.16 Å². The van der Waals surface area contributed by atoms with Gasteiger partial charge in [0.1, 0.15) is 0 Å². The van der Waals surface area contributed by atoms with Crippen LogP contribution in [0.15, 0.2) is 41.6 Å². The lowest BCUT2D eigenvalue weighted by atomic mass is 10.1. The van der Waals surface area contributed by atoms with E-state index in [1.165, 1.54) is 5.56 Å². The topological polar surface area (TPSA) is 50.4 Å². The fourth-order valence-corrected chi connectivity index (χ4v) is 3.79. The molecule has 0 aliphatic rings. The van der Waals surface area contributed by atoms with Crippen molar-refractivity contribution in [2.45, 2.75) is 38.3 Å². The summed E-state index contributed by atoms with van der Waals surface area (Å²) in [5, 5.41) is 14.5. The minimum atomic E-state index is 0.273. The molecule has 3 aromatic rings. The van der Waals surface area contributed by atoms with Gasteiger partial charge in [0.05, 0.1) is 16.9 Å². The van der Waals surface area contributed by atoms with E-state index in [4.69, 9.17) is 15.2 Å². The van der Waals surface area contributed by atoms with Crippen LogP contribution in [0.25, 0.3) is 16.8 Å². The van der Waals surface area contributed by atoms with Crippen molar-refractivity contribution in [2.24, 2.45) is 0 Å². The number of aryl methyl sites for hydroxylation is 2. The summed E-state index contributed by atoms with van der Waals surface area (Å²) in [4.78, 5) is 4.89. The maximum Gasteiger partial charge on any atom is 0.190 e. The Kier molecular flexibility index (Phi) is 5.53. The fourth-order valence-electron chi connectivity index (χ4n) is 2.85. The van der Waals surface area contributed by atoms with E-state index in [9.17, 15) is 0 Å². The van der Waals surface area contributed by atoms with E-state index >= 15 is 0 Å². The van der Waals surface area contributed by atoms with Gasteiger partial charge < -0.3 is 5.11 Å². The van der Waals surface area contributed by atoms with Crippen LogP contribution in [-0.2, 0) is 0 Å². The smallest absolute Gasteiger partial charge is 0.190 e. The standard InChI is InChI=1S/C19H23N3OS/c1-14-13-15(2)21-22-18(14)17(16-9-5-3-6-10-16)20-19(22)24-12-8-4-7-11-23/h3,5-6,9-10,13,23H,4,7-8,11-12H2,1-2H3. The number of fused-ring (bicyclic) bond motifs is 1. The third-order valence-corrected chi connectivity index (χ3v) is 4.98. The van der Waals surface area contributed by atoms with Crippen molar-refractivity contribution in [1.29, 1.82) is 0 Å². The number of rotatable bonds is 7. The van der Waals surface area contributed by atoms with Crippen LogP contribution in [0, 0.1) is 13.8 Å². The summed E-state index contributed by atoms with van der Waals surface area (Å²) in [7, 11) is 0. The molecule has 126 valence electrons. The third kappa shape index (κ3) is 3.62. The van der Waals surface area contributed by atoms with E-state index in [-0.39, 0.29) is 6.61 Å². The normalized spacial score (nSPS) is 11.3. The van der Waals surface area contributed by atoms with Crippen LogP contribution < -0.4 is 0 Å². The molecule has 0 bridgehead atoms. The lowest BCUT2D eigenvalue weighted by Gasteiger charge is -2.04. The number of aliphatic hydroxyl groups is 1. The van der Waals surface area contributed by atoms with Crippen LogP contribution in [0.2, 0.25) is 0 Å². The predicted molar refractivity (Wildman–Crippen MR) is 99.6 cm³/mol. The summed E-state index contributed by atoms with van der Waals surface area (Å²) in [6, 6.07) is 12.4. The Morgan fingerprint density at radius 3 is 2.62 bits per heavy atom. The zero-order valence-electron chi connectivity index (χ0n) is 14.2. The van der Waals surface area contributed by atoms with Gasteiger partial charge in [-0.1, -0.05) is 48.5 Å². The van der Waals surface area contributed by atoms with Gasteiger partial charge >= 0.3 is 0 Å². The summed E-state index contributed by atoms with van der Waals surface area (Å²) in [5.74, 6) is 0.988. The lowest BCUT2D eigenvalue weighted by molar-refractivity contribution is 0.284. The van der Waals surface area contributed by atoms with Crippen LogP contribution in [0.3, 0.4) is 0 Å². The number of hydrogen-bond donors (Lipinski definition) is 1. The molecule has 0 saturated carbocycles. The summed E-state index contributed by atoms with van der Waals surface area (Å²) in [6.45, 7) is 4.41. The first-order valence-electron chi connectivity index (χ1n) is 8.37. The van der Waals surface area contributed by atoms with Crippen LogP contribution in [0.1, 0.15) is 30.5 Å². The molecular formula is C19H23N3OS. The van der Waals surface area contributed by atoms with Gasteiger partial charge in [0.25, 0.3) is 0 Å². The average Bonchev–Trinajstić information content (AvgIpc) is 2.94. The summed E-state index contributed by atoms with van der Waals surface area (Å²) in [6.07, 6.45) is 2.99. The molecule has 0 saturated heterocycles. The molecule has 3 rings (SSSR count). The Morgan fingerprint density at radius 2 is 1.88 bits per heavy atom. The lowest BCUT2D eigenvalue weighted by Crippen LogP contribution is -1.98. The van der Waals surface area contributed by atoms with Crippen LogP contribution in [0.4, 0.5) is 0 Å². The average molecular weight is 341 g/mol. The van der Waals surface area contributed by atoms with Crippen molar-refractivity contribution >= 4 is 17.3 Å². The molecule has 0 unspecified atom stereocenters. The highest BCUT2D eigenvalue weighted by Gasteiger charge is 2.16. The molecule has 1 aromatic carbocycles. The highest BCUT2D eigenvalue weighted by Crippen LogP contribution is 2.31.